The Bertz CT molecular complexity index is 5740. The number of hydrogen-bond acceptors (Lipinski definition) is 7. The zero-order valence-electron chi connectivity index (χ0n) is 61.4. The van der Waals surface area contributed by atoms with E-state index < -0.39 is 0 Å². The lowest BCUT2D eigenvalue weighted by Crippen LogP contribution is -2.43. The Morgan fingerprint density at radius 2 is 0.510 bits per heavy atom. The summed E-state index contributed by atoms with van der Waals surface area (Å²) in [5.74, 6) is 2.83. The van der Waals surface area contributed by atoms with E-state index in [1.165, 1.54) is 66.8 Å². The number of nitrogens with zero attached hydrogens (tertiary/aromatic N) is 7. The van der Waals surface area contributed by atoms with Crippen LogP contribution >= 0.6 is 0 Å². The molecule has 0 saturated carbocycles. The Morgan fingerprint density at radius 3 is 1.02 bits per heavy atom. The number of fused-ring (bicyclic) bond motifs is 11. The second-order valence-electron chi connectivity index (χ2n) is 31.2. The third-order valence-corrected chi connectivity index (χ3v) is 24.2. The number of hydrogen-bond donors (Lipinski definition) is 0. The average Bonchev–Trinajstić information content (AvgIpc) is 0.721. The molecule has 15 aromatic rings. The second kappa shape index (κ2) is 25.7. The molecular formula is C97H85N7. The smallest absolute Gasteiger partial charge is 0.164 e. The summed E-state index contributed by atoms with van der Waals surface area (Å²) < 4.78 is 0. The third kappa shape index (κ3) is 11.1. The van der Waals surface area contributed by atoms with Crippen LogP contribution in [0.25, 0.3) is 135 Å². The molecule has 7 nitrogen and oxygen atoms in total. The van der Waals surface area contributed by atoms with Crippen LogP contribution in [0, 0.1) is 0 Å². The highest BCUT2D eigenvalue weighted by molar-refractivity contribution is 5.95. The molecule has 3 aliphatic rings. The van der Waals surface area contributed by atoms with E-state index in [1.807, 2.05) is 78.9 Å². The highest BCUT2D eigenvalue weighted by atomic mass is 15.0. The lowest BCUT2D eigenvalue weighted by atomic mass is 9.55. The van der Waals surface area contributed by atoms with Crippen molar-refractivity contribution >= 4 is 21.9 Å². The molecule has 104 heavy (non-hydrogen) atoms. The minimum Gasteiger partial charge on any atom is -0.244 e. The number of benzene rings is 12. The summed E-state index contributed by atoms with van der Waals surface area (Å²) in [4.78, 5) is 35.3. The fourth-order valence-electron chi connectivity index (χ4n) is 16.2. The molecule has 0 unspecified atom stereocenters. The van der Waals surface area contributed by atoms with Crippen molar-refractivity contribution in [3.63, 3.8) is 0 Å². The molecule has 12 aromatic carbocycles. The van der Waals surface area contributed by atoms with Gasteiger partial charge in [-0.05, 0) is 130 Å². The molecule has 0 N–H and O–H groups in total. The van der Waals surface area contributed by atoms with E-state index in [-0.39, 0.29) is 32.5 Å². The maximum atomic E-state index is 5.14. The molecule has 0 radical (unpaired) electrons. The predicted molar refractivity (Wildman–Crippen MR) is 431 cm³/mol. The first kappa shape index (κ1) is 66.9. The van der Waals surface area contributed by atoms with E-state index >= 15 is 0 Å². The van der Waals surface area contributed by atoms with Gasteiger partial charge >= 0.3 is 0 Å². The molecule has 0 aliphatic heterocycles. The van der Waals surface area contributed by atoms with E-state index in [0.29, 0.717) is 17.5 Å². The van der Waals surface area contributed by atoms with Crippen LogP contribution in [-0.2, 0) is 32.5 Å². The first-order chi connectivity index (χ1) is 50.1. The Hall–Kier alpha value is -11.7. The van der Waals surface area contributed by atoms with Crippen molar-refractivity contribution in [2.75, 3.05) is 0 Å². The molecule has 3 aliphatic carbocycles. The lowest BCUT2D eigenvalue weighted by Gasteiger charge is -2.48. The minimum atomic E-state index is -0.0791. The van der Waals surface area contributed by atoms with E-state index in [9.17, 15) is 0 Å². The zero-order valence-corrected chi connectivity index (χ0v) is 61.4. The number of rotatable bonds is 7. The minimum absolute atomic E-state index is 0.00530. The molecule has 0 spiro atoms. The van der Waals surface area contributed by atoms with Crippen LogP contribution in [-0.4, -0.2) is 34.9 Å². The van der Waals surface area contributed by atoms with Crippen LogP contribution in [0.15, 0.2) is 297 Å². The molecule has 0 fully saturated rings. The van der Waals surface area contributed by atoms with Crippen molar-refractivity contribution in [2.24, 2.45) is 0 Å². The molecule has 0 bridgehead atoms. The molecule has 7 heteroatoms. The van der Waals surface area contributed by atoms with E-state index in [4.69, 9.17) is 34.9 Å². The van der Waals surface area contributed by atoms with Gasteiger partial charge in [0.15, 0.2) is 23.3 Å². The van der Waals surface area contributed by atoms with E-state index in [0.717, 1.165) is 83.8 Å². The van der Waals surface area contributed by atoms with Gasteiger partial charge in [-0.25, -0.2) is 34.9 Å². The summed E-state index contributed by atoms with van der Waals surface area (Å²) in [6, 6.07) is 104. The Labute approximate surface area is 612 Å². The van der Waals surface area contributed by atoms with Gasteiger partial charge in [-0.1, -0.05) is 350 Å². The van der Waals surface area contributed by atoms with Crippen LogP contribution in [0.5, 0.6) is 0 Å². The van der Waals surface area contributed by atoms with E-state index in [1.54, 1.807) is 0 Å². The summed E-state index contributed by atoms with van der Waals surface area (Å²) in [6.07, 6.45) is 0. The van der Waals surface area contributed by atoms with Gasteiger partial charge in [0.1, 0.15) is 0 Å². The number of para-hydroxylation sites is 3. The van der Waals surface area contributed by atoms with Crippen LogP contribution < -0.4 is 0 Å². The average molecular weight is 1350 g/mol. The maximum Gasteiger partial charge on any atom is 0.164 e. The molecule has 0 saturated heterocycles. The maximum absolute atomic E-state index is 5.14. The normalized spacial score (nSPS) is 15.4. The Morgan fingerprint density at radius 1 is 0.183 bits per heavy atom. The van der Waals surface area contributed by atoms with Crippen LogP contribution in [0.1, 0.15) is 116 Å². The van der Waals surface area contributed by atoms with Crippen LogP contribution in [0.3, 0.4) is 0 Å². The lowest BCUT2D eigenvalue weighted by molar-refractivity contribution is 0.299. The highest BCUT2D eigenvalue weighted by Gasteiger charge is 2.49. The van der Waals surface area contributed by atoms with Crippen molar-refractivity contribution in [2.45, 2.75) is 116 Å². The highest BCUT2D eigenvalue weighted by Crippen LogP contribution is 2.58. The Kier molecular flexibility index (Phi) is 16.5. The second-order valence-corrected chi connectivity index (χ2v) is 31.2. The van der Waals surface area contributed by atoms with Gasteiger partial charge in [0.25, 0.3) is 0 Å². The fraction of sp³-hybridized carbons (Fsp3) is 0.186. The topological polar surface area (TPSA) is 90.2 Å². The van der Waals surface area contributed by atoms with Gasteiger partial charge in [0, 0.05) is 44.3 Å². The summed E-state index contributed by atoms with van der Waals surface area (Å²) >= 11 is 0. The van der Waals surface area contributed by atoms with Crippen molar-refractivity contribution in [1.82, 2.24) is 34.9 Å². The SMILES string of the molecule is CC1(C)c2ccccc2-c2c(-c3nc(-c4ccccc4)nc(-c4ccccc4)n3)cccc2C1(C)C.CC1(C)c2ccccc2-c2ccc(-c3nc(-c4ccccc4)c4ccccc4n3)cc2C1(C)C.CC1(C)c2ccccc2-c2ccc(-c3nc4ccccc4nc3-c3ccccc3)cc2C1(C)C. The summed E-state index contributed by atoms with van der Waals surface area (Å²) in [6.45, 7) is 28.3. The third-order valence-electron chi connectivity index (χ3n) is 24.2. The first-order valence-corrected chi connectivity index (χ1v) is 36.4. The predicted octanol–water partition coefficient (Wildman–Crippen LogP) is 24.5. The fourth-order valence-corrected chi connectivity index (χ4v) is 16.2. The van der Waals surface area contributed by atoms with Crippen LogP contribution in [0.2, 0.25) is 0 Å². The Balaban J connectivity index is 0.000000120. The van der Waals surface area contributed by atoms with Gasteiger partial charge < -0.3 is 0 Å². The van der Waals surface area contributed by atoms with Crippen LogP contribution in [0.4, 0.5) is 0 Å². The van der Waals surface area contributed by atoms with Gasteiger partial charge in [-0.15, -0.1) is 0 Å². The van der Waals surface area contributed by atoms with Gasteiger partial charge in [0.05, 0.1) is 33.6 Å². The van der Waals surface area contributed by atoms with E-state index in [2.05, 4.69) is 301 Å². The molecule has 18 rings (SSSR count). The summed E-state index contributed by atoms with van der Waals surface area (Å²) in [5.41, 5.74) is 28.8. The largest absolute Gasteiger partial charge is 0.244 e. The molecule has 508 valence electrons. The van der Waals surface area contributed by atoms with Crippen molar-refractivity contribution in [3.8, 4) is 113 Å². The van der Waals surface area contributed by atoms with Gasteiger partial charge in [-0.3, -0.25) is 0 Å². The van der Waals surface area contributed by atoms with Crippen molar-refractivity contribution in [1.29, 1.82) is 0 Å². The first-order valence-electron chi connectivity index (χ1n) is 36.4. The molecule has 0 amide bonds. The molecule has 3 aromatic heterocycles. The molecule has 3 heterocycles. The van der Waals surface area contributed by atoms with Gasteiger partial charge in [0.2, 0.25) is 0 Å². The summed E-state index contributed by atoms with van der Waals surface area (Å²) in [5, 5.41) is 1.07. The van der Waals surface area contributed by atoms with Gasteiger partial charge in [-0.2, -0.15) is 0 Å². The molecule has 0 atom stereocenters. The summed E-state index contributed by atoms with van der Waals surface area (Å²) in [7, 11) is 0. The zero-order chi connectivity index (χ0) is 71.9. The quantitative estimate of drug-likeness (QED) is 0.157. The molecular weight excluding hydrogens is 1260 g/mol. The number of aromatic nitrogens is 7. The van der Waals surface area contributed by atoms with Crippen molar-refractivity contribution in [3.05, 3.63) is 331 Å². The van der Waals surface area contributed by atoms with Crippen molar-refractivity contribution < 1.29 is 0 Å². The monoisotopic (exact) mass is 1350 g/mol. The standard InChI is InChI=1S/C33H29N3.2C32H28N2/c1-32(2)26-20-12-11-18-24(26)28-25(19-13-21-27(28)33(32,3)4)31-35-29(22-14-7-5-8-15-22)34-30(36-31)23-16-9-6-10-17-23;1-31(2)26-16-10-8-14-23(26)24-19-18-22(20-27(24)32(31,3)4)30-33-28-17-11-9-15-25(28)29(34-30)21-12-6-5-7-13-21;1-31(2)25-15-9-8-14-23(25)24-19-18-22(20-26(24)32(31,3)4)30-29(21-12-6-5-7-13-21)33-27-16-10-11-17-28(27)34-30/h5-21H,1-4H3;2*5-20H,1-4H3.